The quantitative estimate of drug-likeness (QED) is 0.835. The number of nitrogens with zero attached hydrogens (tertiary/aromatic N) is 4. The Labute approximate surface area is 149 Å². The molecule has 0 atom stereocenters. The Morgan fingerprint density at radius 2 is 1.83 bits per heavy atom. The zero-order valence-electron chi connectivity index (χ0n) is 13.1. The van der Waals surface area contributed by atoms with Crippen LogP contribution in [-0.4, -0.2) is 54.3 Å². The first kappa shape index (κ1) is 16.8. The predicted molar refractivity (Wildman–Crippen MR) is 93.2 cm³/mol. The highest BCUT2D eigenvalue weighted by atomic mass is 35.5. The number of amides is 1. The lowest BCUT2D eigenvalue weighted by atomic mass is 10.2. The highest BCUT2D eigenvalue weighted by molar-refractivity contribution is 6.43. The summed E-state index contributed by atoms with van der Waals surface area (Å²) in [6.45, 7) is 2.51. The summed E-state index contributed by atoms with van der Waals surface area (Å²) in [5.41, 5.74) is 1.20. The van der Waals surface area contributed by atoms with Crippen molar-refractivity contribution in [2.24, 2.45) is 0 Å². The molecule has 0 aliphatic carbocycles. The topological polar surface area (TPSA) is 58.6 Å². The number of ether oxygens (including phenoxy) is 1. The van der Waals surface area contributed by atoms with Gasteiger partial charge in [-0.3, -0.25) is 4.79 Å². The van der Waals surface area contributed by atoms with Gasteiger partial charge in [-0.1, -0.05) is 29.3 Å². The van der Waals surface area contributed by atoms with Crippen LogP contribution in [0.1, 0.15) is 10.5 Å². The second-order valence-electron chi connectivity index (χ2n) is 5.31. The Hall–Kier alpha value is -2.05. The summed E-state index contributed by atoms with van der Waals surface area (Å²) >= 11 is 12.3. The average molecular weight is 367 g/mol. The Kier molecular flexibility index (Phi) is 5.06. The van der Waals surface area contributed by atoms with E-state index in [-0.39, 0.29) is 5.91 Å². The largest absolute Gasteiger partial charge is 0.480 e. The van der Waals surface area contributed by atoms with Gasteiger partial charge in [-0.2, -0.15) is 0 Å². The van der Waals surface area contributed by atoms with E-state index in [0.717, 1.165) is 5.69 Å². The van der Waals surface area contributed by atoms with Gasteiger partial charge in [0.05, 0.1) is 22.8 Å². The molecule has 0 bridgehead atoms. The lowest BCUT2D eigenvalue weighted by molar-refractivity contribution is 0.0739. The molecule has 24 heavy (non-hydrogen) atoms. The number of methoxy groups -OCH3 is 1. The number of rotatable bonds is 3. The van der Waals surface area contributed by atoms with Gasteiger partial charge in [0.25, 0.3) is 5.91 Å². The van der Waals surface area contributed by atoms with E-state index in [2.05, 4.69) is 15.1 Å². The minimum absolute atomic E-state index is 0.137. The Balaban J connectivity index is 1.66. The van der Waals surface area contributed by atoms with E-state index in [1.165, 1.54) is 7.11 Å². The second kappa shape index (κ2) is 7.23. The molecule has 1 aromatic heterocycles. The molecule has 1 aromatic carbocycles. The minimum atomic E-state index is -0.137. The molecule has 1 fully saturated rings. The maximum Gasteiger partial charge on any atom is 0.274 e. The number of piperazine rings is 1. The van der Waals surface area contributed by atoms with Gasteiger partial charge in [0.15, 0.2) is 5.69 Å². The molecule has 0 saturated carbocycles. The minimum Gasteiger partial charge on any atom is -0.480 e. The van der Waals surface area contributed by atoms with Gasteiger partial charge in [-0.25, -0.2) is 0 Å². The van der Waals surface area contributed by atoms with Crippen molar-refractivity contribution < 1.29 is 9.53 Å². The molecule has 3 rings (SSSR count). The molecule has 2 heterocycles. The fraction of sp³-hybridized carbons (Fsp3) is 0.312. The summed E-state index contributed by atoms with van der Waals surface area (Å²) in [7, 11) is 1.51. The molecule has 1 aliphatic heterocycles. The van der Waals surface area contributed by atoms with Gasteiger partial charge >= 0.3 is 0 Å². The van der Waals surface area contributed by atoms with Crippen LogP contribution in [0.4, 0.5) is 5.69 Å². The maximum atomic E-state index is 12.5. The number of carbonyl (C=O) groups excluding carboxylic acids is 1. The summed E-state index contributed by atoms with van der Waals surface area (Å²) in [6, 6.07) is 8.81. The summed E-state index contributed by atoms with van der Waals surface area (Å²) in [6.07, 6.45) is 0. The fourth-order valence-electron chi connectivity index (χ4n) is 2.59. The molecule has 1 aliphatic rings. The SMILES string of the molecule is COc1ccc(C(=O)N2CCN(c3cccc(Cl)c3Cl)CC2)nn1. The Morgan fingerprint density at radius 3 is 2.46 bits per heavy atom. The molecule has 0 spiro atoms. The number of hydrogen-bond donors (Lipinski definition) is 0. The second-order valence-corrected chi connectivity index (χ2v) is 6.10. The summed E-state index contributed by atoms with van der Waals surface area (Å²) in [5.74, 6) is 0.244. The van der Waals surface area contributed by atoms with Gasteiger partial charge in [0.1, 0.15) is 0 Å². The van der Waals surface area contributed by atoms with Crippen LogP contribution in [0.3, 0.4) is 0 Å². The van der Waals surface area contributed by atoms with Crippen LogP contribution in [0.2, 0.25) is 10.0 Å². The first-order valence-corrected chi connectivity index (χ1v) is 8.21. The molecule has 2 aromatic rings. The van der Waals surface area contributed by atoms with Crippen molar-refractivity contribution in [3.05, 3.63) is 46.1 Å². The van der Waals surface area contributed by atoms with Gasteiger partial charge in [0, 0.05) is 32.2 Å². The normalized spacial score (nSPS) is 14.6. The van der Waals surface area contributed by atoms with E-state index in [4.69, 9.17) is 27.9 Å². The van der Waals surface area contributed by atoms with E-state index in [9.17, 15) is 4.79 Å². The fourth-order valence-corrected chi connectivity index (χ4v) is 3.01. The smallest absolute Gasteiger partial charge is 0.274 e. The summed E-state index contributed by atoms with van der Waals surface area (Å²) < 4.78 is 4.95. The highest BCUT2D eigenvalue weighted by Gasteiger charge is 2.24. The number of halogens is 2. The molecule has 126 valence electrons. The van der Waals surface area contributed by atoms with Crippen molar-refractivity contribution >= 4 is 34.8 Å². The molecule has 1 amide bonds. The molecule has 0 N–H and O–H groups in total. The van der Waals surface area contributed by atoms with Gasteiger partial charge in [-0.15, -0.1) is 10.2 Å². The third-order valence-electron chi connectivity index (χ3n) is 3.91. The molecular formula is C16H16Cl2N4O2. The molecule has 1 saturated heterocycles. The zero-order chi connectivity index (χ0) is 17.1. The van der Waals surface area contributed by atoms with E-state index < -0.39 is 0 Å². The van der Waals surface area contributed by atoms with Crippen molar-refractivity contribution in [1.29, 1.82) is 0 Å². The van der Waals surface area contributed by atoms with Crippen molar-refractivity contribution in [3.8, 4) is 5.88 Å². The molecule has 8 heteroatoms. The maximum absolute atomic E-state index is 12.5. The van der Waals surface area contributed by atoms with E-state index in [1.54, 1.807) is 23.1 Å². The lowest BCUT2D eigenvalue weighted by Crippen LogP contribution is -2.49. The summed E-state index contributed by atoms with van der Waals surface area (Å²) in [5, 5.41) is 8.81. The van der Waals surface area contributed by atoms with Gasteiger partial charge < -0.3 is 14.5 Å². The molecule has 6 nitrogen and oxygen atoms in total. The van der Waals surface area contributed by atoms with E-state index in [1.807, 2.05) is 12.1 Å². The van der Waals surface area contributed by atoms with Crippen LogP contribution in [-0.2, 0) is 0 Å². The van der Waals surface area contributed by atoms with Crippen molar-refractivity contribution in [3.63, 3.8) is 0 Å². The average Bonchev–Trinajstić information content (AvgIpc) is 2.64. The van der Waals surface area contributed by atoms with E-state index >= 15 is 0 Å². The monoisotopic (exact) mass is 366 g/mol. The highest BCUT2D eigenvalue weighted by Crippen LogP contribution is 2.32. The van der Waals surface area contributed by atoms with Crippen molar-refractivity contribution in [2.75, 3.05) is 38.2 Å². The molecule has 0 radical (unpaired) electrons. The third kappa shape index (κ3) is 3.39. The Bertz CT molecular complexity index is 731. The van der Waals surface area contributed by atoms with Crippen LogP contribution in [0, 0.1) is 0 Å². The standard InChI is InChI=1S/C16H16Cl2N4O2/c1-24-14-6-5-12(19-20-14)16(23)22-9-7-21(8-10-22)13-4-2-3-11(17)15(13)18/h2-6H,7-10H2,1H3. The lowest BCUT2D eigenvalue weighted by Gasteiger charge is -2.36. The Morgan fingerprint density at radius 1 is 1.08 bits per heavy atom. The van der Waals surface area contributed by atoms with Crippen LogP contribution in [0.15, 0.2) is 30.3 Å². The van der Waals surface area contributed by atoms with Crippen LogP contribution < -0.4 is 9.64 Å². The molecular weight excluding hydrogens is 351 g/mol. The number of aromatic nitrogens is 2. The van der Waals surface area contributed by atoms with Crippen LogP contribution >= 0.6 is 23.2 Å². The third-order valence-corrected chi connectivity index (χ3v) is 4.72. The predicted octanol–water partition coefficient (Wildman–Crippen LogP) is 2.75. The number of anilines is 1. The first-order chi connectivity index (χ1) is 11.6. The van der Waals surface area contributed by atoms with Gasteiger partial charge in [-0.05, 0) is 18.2 Å². The van der Waals surface area contributed by atoms with Crippen molar-refractivity contribution in [2.45, 2.75) is 0 Å². The molecule has 0 unspecified atom stereocenters. The number of benzene rings is 1. The number of carbonyl (C=O) groups is 1. The summed E-state index contributed by atoms with van der Waals surface area (Å²) in [4.78, 5) is 16.4. The van der Waals surface area contributed by atoms with Crippen LogP contribution in [0.25, 0.3) is 0 Å². The van der Waals surface area contributed by atoms with Crippen LogP contribution in [0.5, 0.6) is 5.88 Å². The van der Waals surface area contributed by atoms with E-state index in [0.29, 0.717) is 47.8 Å². The zero-order valence-corrected chi connectivity index (χ0v) is 14.6. The first-order valence-electron chi connectivity index (χ1n) is 7.46. The number of hydrogen-bond acceptors (Lipinski definition) is 5. The van der Waals surface area contributed by atoms with Gasteiger partial charge in [0.2, 0.25) is 5.88 Å². The van der Waals surface area contributed by atoms with Crippen molar-refractivity contribution in [1.82, 2.24) is 15.1 Å².